The van der Waals surface area contributed by atoms with Crippen LogP contribution in [-0.2, 0) is 4.79 Å². The first-order valence-electron chi connectivity index (χ1n) is 9.79. The third kappa shape index (κ3) is 2.64. The number of hydrogen-bond acceptors (Lipinski definition) is 5. The van der Waals surface area contributed by atoms with E-state index in [1.807, 2.05) is 0 Å². The van der Waals surface area contributed by atoms with E-state index in [0.717, 1.165) is 12.0 Å². The van der Waals surface area contributed by atoms with E-state index in [1.54, 1.807) is 36.7 Å². The highest BCUT2D eigenvalue weighted by atomic mass is 16.1. The van der Waals surface area contributed by atoms with Gasteiger partial charge in [0.1, 0.15) is 6.33 Å². The summed E-state index contributed by atoms with van der Waals surface area (Å²) in [5.74, 6) is -0.813. The molecule has 1 aromatic heterocycles. The highest BCUT2D eigenvalue weighted by molar-refractivity contribution is 6.28. The van der Waals surface area contributed by atoms with Crippen molar-refractivity contribution in [2.24, 2.45) is 5.41 Å². The molecule has 0 saturated heterocycles. The molecule has 0 saturated carbocycles. The van der Waals surface area contributed by atoms with Crippen molar-refractivity contribution < 1.29 is 14.4 Å². The molecule has 5 heteroatoms. The van der Waals surface area contributed by atoms with E-state index in [-0.39, 0.29) is 22.8 Å². The van der Waals surface area contributed by atoms with Crippen LogP contribution >= 0.6 is 0 Å². The van der Waals surface area contributed by atoms with Crippen LogP contribution in [0.15, 0.2) is 65.3 Å². The number of benzene rings is 1. The molecule has 3 aliphatic carbocycles. The molecule has 0 fully saturated rings. The summed E-state index contributed by atoms with van der Waals surface area (Å²) in [6, 6.07) is 6.93. The van der Waals surface area contributed by atoms with Crippen molar-refractivity contribution >= 4 is 17.3 Å². The normalized spacial score (nSPS) is 23.0. The molecule has 5 rings (SSSR count). The molecule has 0 N–H and O–H groups in total. The van der Waals surface area contributed by atoms with Crippen LogP contribution in [0.2, 0.25) is 0 Å². The molecule has 1 unspecified atom stereocenters. The van der Waals surface area contributed by atoms with Crippen LogP contribution in [0.3, 0.4) is 0 Å². The average molecular weight is 384 g/mol. The Morgan fingerprint density at radius 1 is 0.897 bits per heavy atom. The number of rotatable bonds is 1. The maximum Gasteiger partial charge on any atom is 0.191 e. The largest absolute Gasteiger partial charge is 0.294 e. The minimum Gasteiger partial charge on any atom is -0.294 e. The number of nitrogens with zero attached hydrogens (tertiary/aromatic N) is 2. The summed E-state index contributed by atoms with van der Waals surface area (Å²) in [6.45, 7) is 4.14. The van der Waals surface area contributed by atoms with Gasteiger partial charge in [-0.15, -0.1) is 0 Å². The van der Waals surface area contributed by atoms with Gasteiger partial charge >= 0.3 is 0 Å². The summed E-state index contributed by atoms with van der Waals surface area (Å²) in [6.07, 6.45) is 6.23. The zero-order valence-corrected chi connectivity index (χ0v) is 16.4. The molecule has 1 aromatic carbocycles. The van der Waals surface area contributed by atoms with Crippen LogP contribution < -0.4 is 0 Å². The van der Waals surface area contributed by atoms with Crippen molar-refractivity contribution in [2.45, 2.75) is 39.0 Å². The minimum atomic E-state index is -0.580. The van der Waals surface area contributed by atoms with Gasteiger partial charge in [0.25, 0.3) is 0 Å². The van der Waals surface area contributed by atoms with E-state index in [1.165, 1.54) is 6.33 Å². The molecule has 0 bridgehead atoms. The Kier molecular flexibility index (Phi) is 3.78. The lowest BCUT2D eigenvalue weighted by Crippen LogP contribution is -2.36. The van der Waals surface area contributed by atoms with Gasteiger partial charge in [0, 0.05) is 58.1 Å². The smallest absolute Gasteiger partial charge is 0.191 e. The predicted octanol–water partition coefficient (Wildman–Crippen LogP) is 4.03. The van der Waals surface area contributed by atoms with Crippen LogP contribution in [-0.4, -0.2) is 27.3 Å². The Morgan fingerprint density at radius 2 is 1.55 bits per heavy atom. The standard InChI is InChI=1S/C24H20N2O3/c1-24(2)8-13-7-17-21(23(29)16-6-4-3-5-15(16)22(17)28)20(19(13)18(27)9-24)14-10-25-12-26-11-14/h3-6,10-12,20H,7-9H2,1-2H3. The molecule has 0 spiro atoms. The molecule has 0 aliphatic heterocycles. The van der Waals surface area contributed by atoms with Crippen molar-refractivity contribution in [1.82, 2.24) is 9.97 Å². The minimum absolute atomic E-state index is 0.0516. The molecule has 1 heterocycles. The SMILES string of the molecule is CC1(C)CC(=O)C2=C(CC3=C(C(=O)c4ccccc4C3=O)C2c2cncnc2)C1. The van der Waals surface area contributed by atoms with Gasteiger partial charge in [-0.05, 0) is 18.3 Å². The van der Waals surface area contributed by atoms with Crippen molar-refractivity contribution in [3.63, 3.8) is 0 Å². The fourth-order valence-corrected chi connectivity index (χ4v) is 5.06. The third-order valence-corrected chi connectivity index (χ3v) is 6.15. The maximum atomic E-state index is 13.5. The quantitative estimate of drug-likeness (QED) is 0.742. The second-order valence-corrected chi connectivity index (χ2v) is 8.84. The van der Waals surface area contributed by atoms with Crippen LogP contribution in [0.25, 0.3) is 0 Å². The Balaban J connectivity index is 1.76. The van der Waals surface area contributed by atoms with Gasteiger partial charge in [-0.25, -0.2) is 9.97 Å². The Morgan fingerprint density at radius 3 is 2.24 bits per heavy atom. The van der Waals surface area contributed by atoms with Gasteiger partial charge in [0.2, 0.25) is 0 Å². The monoisotopic (exact) mass is 384 g/mol. The molecule has 5 nitrogen and oxygen atoms in total. The lowest BCUT2D eigenvalue weighted by atomic mass is 9.61. The first-order chi connectivity index (χ1) is 13.9. The highest BCUT2D eigenvalue weighted by Gasteiger charge is 2.46. The van der Waals surface area contributed by atoms with Crippen molar-refractivity contribution in [2.75, 3.05) is 0 Å². The summed E-state index contributed by atoms with van der Waals surface area (Å²) in [4.78, 5) is 48.3. The van der Waals surface area contributed by atoms with E-state index < -0.39 is 5.92 Å². The number of ketones is 3. The van der Waals surface area contributed by atoms with Crippen LogP contribution in [0.4, 0.5) is 0 Å². The maximum absolute atomic E-state index is 13.5. The van der Waals surface area contributed by atoms with E-state index in [2.05, 4.69) is 23.8 Å². The van der Waals surface area contributed by atoms with E-state index in [4.69, 9.17) is 0 Å². The second kappa shape index (κ2) is 6.14. The van der Waals surface area contributed by atoms with Gasteiger partial charge in [-0.1, -0.05) is 43.7 Å². The molecule has 3 aliphatic rings. The second-order valence-electron chi connectivity index (χ2n) is 8.84. The van der Waals surface area contributed by atoms with Crippen LogP contribution in [0, 0.1) is 5.41 Å². The summed E-state index contributed by atoms with van der Waals surface area (Å²) >= 11 is 0. The van der Waals surface area contributed by atoms with E-state index in [0.29, 0.717) is 46.3 Å². The molecule has 2 aromatic rings. The molecule has 0 amide bonds. The van der Waals surface area contributed by atoms with Gasteiger partial charge < -0.3 is 0 Å². The van der Waals surface area contributed by atoms with E-state index >= 15 is 0 Å². The fraction of sp³-hybridized carbons (Fsp3) is 0.292. The number of allylic oxidation sites excluding steroid dienone is 4. The number of carbonyl (C=O) groups is 3. The predicted molar refractivity (Wildman–Crippen MR) is 107 cm³/mol. The first-order valence-corrected chi connectivity index (χ1v) is 9.79. The Bertz CT molecular complexity index is 1160. The summed E-state index contributed by atoms with van der Waals surface area (Å²) in [7, 11) is 0. The fourth-order valence-electron chi connectivity index (χ4n) is 5.06. The molecule has 0 radical (unpaired) electrons. The Hall–Kier alpha value is -3.21. The summed E-state index contributed by atoms with van der Waals surface area (Å²) in [5.41, 5.74) is 3.96. The number of carbonyl (C=O) groups excluding carboxylic acids is 3. The highest BCUT2D eigenvalue weighted by Crippen LogP contribution is 2.52. The number of fused-ring (bicyclic) bond motifs is 1. The topological polar surface area (TPSA) is 77.0 Å². The van der Waals surface area contributed by atoms with Crippen LogP contribution in [0.1, 0.15) is 65.3 Å². The molecule has 1 atom stereocenters. The zero-order chi connectivity index (χ0) is 20.3. The molecular weight excluding hydrogens is 364 g/mol. The third-order valence-electron chi connectivity index (χ3n) is 6.15. The first kappa shape index (κ1) is 17.9. The van der Waals surface area contributed by atoms with Crippen LogP contribution in [0.5, 0.6) is 0 Å². The van der Waals surface area contributed by atoms with Gasteiger partial charge in [0.05, 0.1) is 0 Å². The number of hydrogen-bond donors (Lipinski definition) is 0. The van der Waals surface area contributed by atoms with Crippen molar-refractivity contribution in [1.29, 1.82) is 0 Å². The average Bonchev–Trinajstić information content (AvgIpc) is 2.70. The van der Waals surface area contributed by atoms with E-state index in [9.17, 15) is 14.4 Å². The summed E-state index contributed by atoms with van der Waals surface area (Å²) in [5, 5.41) is 0. The van der Waals surface area contributed by atoms with Crippen molar-refractivity contribution in [3.8, 4) is 0 Å². The van der Waals surface area contributed by atoms with Gasteiger partial charge in [-0.3, -0.25) is 14.4 Å². The van der Waals surface area contributed by atoms with Gasteiger partial charge in [-0.2, -0.15) is 0 Å². The van der Waals surface area contributed by atoms with Crippen molar-refractivity contribution in [3.05, 3.63) is 82.0 Å². The molecule has 144 valence electrons. The number of Topliss-reactive ketones (excluding diaryl/α,β-unsaturated/α-hetero) is 3. The van der Waals surface area contributed by atoms with Gasteiger partial charge in [0.15, 0.2) is 17.3 Å². The molecular formula is C24H20N2O3. The zero-order valence-electron chi connectivity index (χ0n) is 16.4. The lowest BCUT2D eigenvalue weighted by molar-refractivity contribution is -0.118. The summed E-state index contributed by atoms with van der Waals surface area (Å²) < 4.78 is 0. The lowest BCUT2D eigenvalue weighted by Gasteiger charge is -2.40. The molecule has 29 heavy (non-hydrogen) atoms. The number of aromatic nitrogens is 2. The Labute approximate surface area is 168 Å².